The Labute approximate surface area is 137 Å². The Morgan fingerprint density at radius 1 is 1.30 bits per heavy atom. The number of nitrogens with one attached hydrogen (secondary N) is 2. The van der Waals surface area contributed by atoms with Gasteiger partial charge < -0.3 is 19.7 Å². The van der Waals surface area contributed by atoms with Gasteiger partial charge in [-0.2, -0.15) is 0 Å². The lowest BCUT2D eigenvalue weighted by molar-refractivity contribution is 0.0565. The Bertz CT molecular complexity index is 554. The van der Waals surface area contributed by atoms with Gasteiger partial charge in [-0.1, -0.05) is 4.49 Å². The third-order valence-corrected chi connectivity index (χ3v) is 4.38. The average molecular weight is 341 g/mol. The van der Waals surface area contributed by atoms with Gasteiger partial charge in [0.15, 0.2) is 10.7 Å². The molecule has 0 aliphatic carbocycles. The average Bonchev–Trinajstić information content (AvgIpc) is 3.25. The second-order valence-electron chi connectivity index (χ2n) is 5.33. The number of hydrogen-bond donors (Lipinski definition) is 2. The van der Waals surface area contributed by atoms with Crippen LogP contribution < -0.4 is 10.6 Å². The van der Waals surface area contributed by atoms with Crippen LogP contribution in [0.4, 0.5) is 9.80 Å². The number of ether oxygens (including phenoxy) is 2. The second kappa shape index (κ2) is 7.66. The van der Waals surface area contributed by atoms with Crippen molar-refractivity contribution in [2.75, 3.05) is 44.8 Å². The molecule has 0 aromatic carbocycles. The summed E-state index contributed by atoms with van der Waals surface area (Å²) < 4.78 is 14.4. The summed E-state index contributed by atoms with van der Waals surface area (Å²) in [5, 5.41) is 9.65. The fraction of sp³-hybridized carbons (Fsp3) is 0.692. The molecular formula is C13H19N5O4S. The van der Waals surface area contributed by atoms with E-state index in [2.05, 4.69) is 20.2 Å². The minimum Gasteiger partial charge on any atom is -0.378 e. The molecule has 0 unspecified atom stereocenters. The number of urea groups is 1. The lowest BCUT2D eigenvalue weighted by atomic mass is 10.2. The monoisotopic (exact) mass is 341 g/mol. The van der Waals surface area contributed by atoms with Gasteiger partial charge in [-0.3, -0.25) is 10.1 Å². The number of nitrogens with zero attached hydrogens (tertiary/aromatic N) is 3. The van der Waals surface area contributed by atoms with Crippen LogP contribution in [0.25, 0.3) is 0 Å². The van der Waals surface area contributed by atoms with E-state index in [0.717, 1.165) is 31.0 Å². The topological polar surface area (TPSA) is 106 Å². The van der Waals surface area contributed by atoms with Crippen LogP contribution in [-0.4, -0.2) is 72.0 Å². The highest BCUT2D eigenvalue weighted by Gasteiger charge is 2.23. The Morgan fingerprint density at radius 3 is 2.87 bits per heavy atom. The number of aromatic nitrogens is 2. The number of morpholine rings is 1. The Balaban J connectivity index is 1.55. The van der Waals surface area contributed by atoms with E-state index in [1.54, 1.807) is 4.90 Å². The molecule has 2 fully saturated rings. The molecule has 0 saturated carbocycles. The zero-order chi connectivity index (χ0) is 16.1. The van der Waals surface area contributed by atoms with Gasteiger partial charge in [0.2, 0.25) is 0 Å². The van der Waals surface area contributed by atoms with E-state index >= 15 is 0 Å². The van der Waals surface area contributed by atoms with Crippen LogP contribution in [0.3, 0.4) is 0 Å². The molecule has 1 aromatic heterocycles. The van der Waals surface area contributed by atoms with Crippen LogP contribution in [-0.2, 0) is 9.47 Å². The van der Waals surface area contributed by atoms with Crippen molar-refractivity contribution in [3.63, 3.8) is 0 Å². The molecule has 2 N–H and O–H groups in total. The highest BCUT2D eigenvalue weighted by atomic mass is 32.1. The quantitative estimate of drug-likeness (QED) is 0.816. The molecule has 0 radical (unpaired) electrons. The molecule has 0 bridgehead atoms. The molecule has 2 aliphatic rings. The van der Waals surface area contributed by atoms with Gasteiger partial charge in [0.25, 0.3) is 5.91 Å². The zero-order valence-corrected chi connectivity index (χ0v) is 13.4. The number of hydrogen-bond acceptors (Lipinski definition) is 7. The fourth-order valence-electron chi connectivity index (χ4n) is 2.46. The van der Waals surface area contributed by atoms with E-state index in [-0.39, 0.29) is 23.7 Å². The smallest absolute Gasteiger partial charge is 0.322 e. The number of amides is 3. The van der Waals surface area contributed by atoms with Gasteiger partial charge in [0.05, 0.1) is 19.3 Å². The van der Waals surface area contributed by atoms with Gasteiger partial charge >= 0.3 is 6.03 Å². The highest BCUT2D eigenvalue weighted by Crippen LogP contribution is 2.19. The molecule has 1 atom stereocenters. The minimum atomic E-state index is -0.355. The first-order valence-electron chi connectivity index (χ1n) is 7.60. The van der Waals surface area contributed by atoms with E-state index in [9.17, 15) is 9.59 Å². The van der Waals surface area contributed by atoms with Crippen molar-refractivity contribution < 1.29 is 19.1 Å². The van der Waals surface area contributed by atoms with Gasteiger partial charge in [0.1, 0.15) is 0 Å². The minimum absolute atomic E-state index is 0.0527. The summed E-state index contributed by atoms with van der Waals surface area (Å²) in [6.45, 7) is 3.26. The van der Waals surface area contributed by atoms with Gasteiger partial charge in [-0.25, -0.2) is 4.79 Å². The summed E-state index contributed by atoms with van der Waals surface area (Å²) in [4.78, 5) is 26.0. The summed E-state index contributed by atoms with van der Waals surface area (Å²) in [5.74, 6) is -0.355. The molecule has 126 valence electrons. The van der Waals surface area contributed by atoms with E-state index < -0.39 is 0 Å². The third-order valence-electron chi connectivity index (χ3n) is 3.74. The largest absolute Gasteiger partial charge is 0.378 e. The van der Waals surface area contributed by atoms with Crippen LogP contribution >= 0.6 is 11.5 Å². The standard InChI is InChI=1S/C13H19N5O4S/c19-11(14-8-9-2-1-5-22-9)10-12(23-17-16-10)15-13(20)18-3-6-21-7-4-18/h9H,1-8H2,(H,14,19)(H,15,20)/t9-/m1/s1. The number of rotatable bonds is 4. The van der Waals surface area contributed by atoms with E-state index in [1.807, 2.05) is 0 Å². The second-order valence-corrected chi connectivity index (χ2v) is 6.08. The molecule has 2 saturated heterocycles. The lowest BCUT2D eigenvalue weighted by Crippen LogP contribution is -2.43. The van der Waals surface area contributed by atoms with Crippen LogP contribution in [0.15, 0.2) is 0 Å². The van der Waals surface area contributed by atoms with Crippen molar-refractivity contribution in [3.8, 4) is 0 Å². The maximum absolute atomic E-state index is 12.2. The third kappa shape index (κ3) is 4.15. The van der Waals surface area contributed by atoms with E-state index in [4.69, 9.17) is 9.47 Å². The lowest BCUT2D eigenvalue weighted by Gasteiger charge is -2.26. The zero-order valence-electron chi connectivity index (χ0n) is 12.6. The van der Waals surface area contributed by atoms with Gasteiger partial charge in [0, 0.05) is 37.8 Å². The van der Waals surface area contributed by atoms with Crippen molar-refractivity contribution in [1.82, 2.24) is 19.8 Å². The molecular weight excluding hydrogens is 322 g/mol. The molecule has 1 aromatic rings. The van der Waals surface area contributed by atoms with Crippen LogP contribution in [0.2, 0.25) is 0 Å². The molecule has 0 spiro atoms. The maximum atomic E-state index is 12.2. The summed E-state index contributed by atoms with van der Waals surface area (Å²) >= 11 is 0.985. The number of anilines is 1. The Morgan fingerprint density at radius 2 is 2.13 bits per heavy atom. The molecule has 2 aliphatic heterocycles. The molecule has 3 rings (SSSR count). The van der Waals surface area contributed by atoms with Crippen molar-refractivity contribution in [3.05, 3.63) is 5.69 Å². The molecule has 9 nitrogen and oxygen atoms in total. The van der Waals surface area contributed by atoms with Crippen molar-refractivity contribution in [1.29, 1.82) is 0 Å². The maximum Gasteiger partial charge on any atom is 0.322 e. The Hall–Kier alpha value is -1.78. The first-order chi connectivity index (χ1) is 11.2. The van der Waals surface area contributed by atoms with Crippen LogP contribution in [0.5, 0.6) is 0 Å². The summed E-state index contributed by atoms with van der Waals surface area (Å²) in [6.07, 6.45) is 2.01. The SMILES string of the molecule is O=C(NC[C@H]1CCCO1)c1nnsc1NC(=O)N1CCOCC1. The summed E-state index contributed by atoms with van der Waals surface area (Å²) in [5.41, 5.74) is 0.134. The molecule has 10 heteroatoms. The van der Waals surface area contributed by atoms with Gasteiger partial charge in [-0.05, 0) is 12.8 Å². The molecule has 3 amide bonds. The number of carbonyl (C=O) groups is 2. The number of carbonyl (C=O) groups excluding carboxylic acids is 2. The predicted octanol–water partition coefficient (Wildman–Crippen LogP) is 0.311. The summed E-state index contributed by atoms with van der Waals surface area (Å²) in [6, 6.07) is -0.271. The molecule has 23 heavy (non-hydrogen) atoms. The van der Waals surface area contributed by atoms with Gasteiger partial charge in [-0.15, -0.1) is 5.10 Å². The van der Waals surface area contributed by atoms with Crippen LogP contribution in [0.1, 0.15) is 23.3 Å². The van der Waals surface area contributed by atoms with Crippen LogP contribution in [0, 0.1) is 0 Å². The van der Waals surface area contributed by atoms with E-state index in [1.165, 1.54) is 0 Å². The predicted molar refractivity (Wildman–Crippen MR) is 82.6 cm³/mol. The normalized spacial score (nSPS) is 21.2. The van der Waals surface area contributed by atoms with Crippen molar-refractivity contribution >= 4 is 28.5 Å². The molecule has 3 heterocycles. The summed E-state index contributed by atoms with van der Waals surface area (Å²) in [7, 11) is 0. The van der Waals surface area contributed by atoms with E-state index in [0.29, 0.717) is 37.8 Å². The highest BCUT2D eigenvalue weighted by molar-refractivity contribution is 7.10. The first-order valence-corrected chi connectivity index (χ1v) is 8.37. The first kappa shape index (κ1) is 16.1. The van der Waals surface area contributed by atoms with Crippen molar-refractivity contribution in [2.24, 2.45) is 0 Å². The van der Waals surface area contributed by atoms with Crippen molar-refractivity contribution in [2.45, 2.75) is 18.9 Å². The Kier molecular flexibility index (Phi) is 5.36. The fourth-order valence-corrected chi connectivity index (χ4v) is 3.02.